The van der Waals surface area contributed by atoms with E-state index in [4.69, 9.17) is 11.6 Å². The summed E-state index contributed by atoms with van der Waals surface area (Å²) < 4.78 is 13.4. The molecule has 2 aromatic carbocycles. The topological polar surface area (TPSA) is 69.7 Å². The number of fused-ring (bicyclic) bond motifs is 7. The van der Waals surface area contributed by atoms with Crippen LogP contribution in [0.25, 0.3) is 0 Å². The lowest BCUT2D eigenvalue weighted by molar-refractivity contribution is -0.135. The Morgan fingerprint density at radius 3 is 2.60 bits per heavy atom. The van der Waals surface area contributed by atoms with Gasteiger partial charge in [0.15, 0.2) is 0 Å². The summed E-state index contributed by atoms with van der Waals surface area (Å²) in [6.07, 6.45) is 1.58. The second kappa shape index (κ2) is 5.89. The summed E-state index contributed by atoms with van der Waals surface area (Å²) in [5, 5.41) is 3.38. The van der Waals surface area contributed by atoms with Crippen LogP contribution in [-0.4, -0.2) is 35.2 Å². The summed E-state index contributed by atoms with van der Waals surface area (Å²) in [4.78, 5) is 43.8. The maximum Gasteiger partial charge on any atom is 0.250 e. The van der Waals surface area contributed by atoms with E-state index in [1.54, 1.807) is 18.2 Å². The molecule has 4 unspecified atom stereocenters. The van der Waals surface area contributed by atoms with Gasteiger partial charge in [0.25, 0.3) is 0 Å². The number of imide groups is 1. The predicted molar refractivity (Wildman–Crippen MR) is 107 cm³/mol. The zero-order chi connectivity index (χ0) is 20.8. The Morgan fingerprint density at radius 2 is 1.83 bits per heavy atom. The van der Waals surface area contributed by atoms with Crippen molar-refractivity contribution in [3.8, 4) is 0 Å². The van der Waals surface area contributed by atoms with Gasteiger partial charge in [-0.15, -0.1) is 0 Å². The van der Waals surface area contributed by atoms with E-state index < -0.39 is 29.1 Å². The van der Waals surface area contributed by atoms with Crippen LogP contribution in [0.15, 0.2) is 42.5 Å². The quantitative estimate of drug-likeness (QED) is 0.713. The van der Waals surface area contributed by atoms with Gasteiger partial charge < -0.3 is 5.32 Å². The Labute approximate surface area is 176 Å². The minimum atomic E-state index is -1.26. The van der Waals surface area contributed by atoms with Gasteiger partial charge in [0.2, 0.25) is 17.7 Å². The first kappa shape index (κ1) is 18.0. The van der Waals surface area contributed by atoms with Crippen molar-refractivity contribution >= 4 is 40.7 Å². The molecule has 0 radical (unpaired) electrons. The summed E-state index contributed by atoms with van der Waals surface area (Å²) in [6, 6.07) is 10.2. The van der Waals surface area contributed by atoms with E-state index in [9.17, 15) is 18.8 Å². The van der Waals surface area contributed by atoms with Gasteiger partial charge in [0.05, 0.1) is 17.5 Å². The van der Waals surface area contributed by atoms with Crippen molar-refractivity contribution in [1.82, 2.24) is 4.90 Å². The summed E-state index contributed by atoms with van der Waals surface area (Å²) >= 11 is 6.27. The Bertz CT molecular complexity index is 1140. The number of hydrogen-bond acceptors (Lipinski definition) is 4. The maximum atomic E-state index is 13.7. The van der Waals surface area contributed by atoms with E-state index in [0.717, 1.165) is 17.7 Å². The molecule has 8 heteroatoms. The number of anilines is 2. The van der Waals surface area contributed by atoms with Gasteiger partial charge in [-0.1, -0.05) is 11.6 Å². The molecule has 3 amide bonds. The molecule has 4 aliphatic heterocycles. The summed E-state index contributed by atoms with van der Waals surface area (Å²) in [6.45, 7) is 0.633. The van der Waals surface area contributed by atoms with E-state index in [1.807, 2.05) is 4.90 Å². The van der Waals surface area contributed by atoms with E-state index in [-0.39, 0.29) is 17.9 Å². The smallest absolute Gasteiger partial charge is 0.250 e. The third kappa shape index (κ3) is 1.99. The van der Waals surface area contributed by atoms with Crippen molar-refractivity contribution in [3.63, 3.8) is 0 Å². The monoisotopic (exact) mass is 425 g/mol. The van der Waals surface area contributed by atoms with Crippen LogP contribution < -0.4 is 10.2 Å². The molecule has 1 N–H and O–H groups in total. The number of carbonyl (C=O) groups excluding carboxylic acids is 3. The lowest BCUT2D eigenvalue weighted by Gasteiger charge is -2.36. The van der Waals surface area contributed by atoms with Crippen molar-refractivity contribution < 1.29 is 18.8 Å². The average Bonchev–Trinajstić information content (AvgIpc) is 3.42. The summed E-state index contributed by atoms with van der Waals surface area (Å²) in [7, 11) is 0. The van der Waals surface area contributed by atoms with Gasteiger partial charge in [-0.25, -0.2) is 9.29 Å². The van der Waals surface area contributed by atoms with Crippen molar-refractivity contribution in [2.24, 2.45) is 11.8 Å². The van der Waals surface area contributed by atoms with Crippen LogP contribution >= 0.6 is 11.6 Å². The van der Waals surface area contributed by atoms with Crippen molar-refractivity contribution in [2.75, 3.05) is 16.8 Å². The molecular formula is C22H17ClFN3O3. The molecule has 2 aromatic rings. The minimum Gasteiger partial charge on any atom is -0.324 e. The zero-order valence-corrected chi connectivity index (χ0v) is 16.5. The van der Waals surface area contributed by atoms with Crippen molar-refractivity contribution in [2.45, 2.75) is 24.4 Å². The number of carbonyl (C=O) groups is 3. The first-order chi connectivity index (χ1) is 14.4. The second-order valence-corrected chi connectivity index (χ2v) is 8.74. The van der Waals surface area contributed by atoms with Crippen LogP contribution in [0.5, 0.6) is 0 Å². The molecule has 6 nitrogen and oxygen atoms in total. The minimum absolute atomic E-state index is 0.201. The SMILES string of the molecule is O=C1C2C3CCCN3C3(C(=O)Nc4ccc(Cl)cc43)C2C(=O)N1c1ccc(F)cc1. The molecule has 4 heterocycles. The van der Waals surface area contributed by atoms with E-state index >= 15 is 0 Å². The Kier molecular flexibility index (Phi) is 3.54. The number of nitrogens with one attached hydrogen (secondary N) is 1. The largest absolute Gasteiger partial charge is 0.324 e. The van der Waals surface area contributed by atoms with E-state index in [2.05, 4.69) is 5.32 Å². The molecule has 0 aliphatic carbocycles. The third-order valence-corrected chi connectivity index (χ3v) is 7.27. The average molecular weight is 426 g/mol. The fraction of sp³-hybridized carbons (Fsp3) is 0.318. The Hall–Kier alpha value is -2.77. The zero-order valence-electron chi connectivity index (χ0n) is 15.8. The highest BCUT2D eigenvalue weighted by Crippen LogP contribution is 2.60. The van der Waals surface area contributed by atoms with Crippen molar-refractivity contribution in [1.29, 1.82) is 0 Å². The molecule has 4 atom stereocenters. The molecule has 30 heavy (non-hydrogen) atoms. The molecule has 1 spiro atoms. The van der Waals surface area contributed by atoms with E-state index in [0.29, 0.717) is 28.5 Å². The molecule has 0 aromatic heterocycles. The van der Waals surface area contributed by atoms with Crippen LogP contribution in [0.4, 0.5) is 15.8 Å². The van der Waals surface area contributed by atoms with E-state index in [1.165, 1.54) is 24.3 Å². The molecule has 0 bridgehead atoms. The molecule has 6 rings (SSSR count). The number of halogens is 2. The lowest BCUT2D eigenvalue weighted by atomic mass is 9.75. The normalized spacial score (nSPS) is 32.0. The molecule has 152 valence electrons. The van der Waals surface area contributed by atoms with Crippen LogP contribution in [0.1, 0.15) is 18.4 Å². The highest BCUT2D eigenvalue weighted by atomic mass is 35.5. The highest BCUT2D eigenvalue weighted by molar-refractivity contribution is 6.31. The van der Waals surface area contributed by atoms with Crippen LogP contribution in [0, 0.1) is 17.7 Å². The van der Waals surface area contributed by atoms with Gasteiger partial charge in [-0.05, 0) is 61.9 Å². The van der Waals surface area contributed by atoms with Crippen LogP contribution in [0.3, 0.4) is 0 Å². The standard InChI is InChI=1S/C22H17ClFN3O3/c23-11-3-8-15-14(10-11)22(21(30)25-15)18-17(16-2-1-9-26(16)22)19(28)27(20(18)29)13-6-4-12(24)5-7-13/h3-8,10,16-18H,1-2,9H2,(H,25,30). The molecule has 4 aliphatic rings. The number of amides is 3. The maximum absolute atomic E-state index is 13.7. The predicted octanol–water partition coefficient (Wildman–Crippen LogP) is 2.91. The van der Waals surface area contributed by atoms with Gasteiger partial charge in [0.1, 0.15) is 11.4 Å². The molecule has 3 fully saturated rings. The Morgan fingerprint density at radius 1 is 1.07 bits per heavy atom. The van der Waals surface area contributed by atoms with Crippen LogP contribution in [0.2, 0.25) is 5.02 Å². The van der Waals surface area contributed by atoms with Crippen molar-refractivity contribution in [3.05, 3.63) is 58.9 Å². The van der Waals surface area contributed by atoms with Gasteiger partial charge >= 0.3 is 0 Å². The van der Waals surface area contributed by atoms with Gasteiger partial charge in [-0.3, -0.25) is 19.3 Å². The number of hydrogen-bond donors (Lipinski definition) is 1. The Balaban J connectivity index is 1.56. The number of benzene rings is 2. The van der Waals surface area contributed by atoms with Gasteiger partial charge in [-0.2, -0.15) is 0 Å². The summed E-state index contributed by atoms with van der Waals surface area (Å²) in [5.74, 6) is -2.96. The highest BCUT2D eigenvalue weighted by Gasteiger charge is 2.74. The molecular weight excluding hydrogens is 409 g/mol. The lowest BCUT2D eigenvalue weighted by Crippen LogP contribution is -2.54. The summed E-state index contributed by atoms with van der Waals surface area (Å²) in [5.41, 5.74) is 0.344. The first-order valence-corrected chi connectivity index (χ1v) is 10.3. The second-order valence-electron chi connectivity index (χ2n) is 8.31. The fourth-order valence-electron chi connectivity index (χ4n) is 6.02. The molecule has 3 saturated heterocycles. The molecule has 0 saturated carbocycles. The van der Waals surface area contributed by atoms with Gasteiger partial charge in [0, 0.05) is 22.3 Å². The first-order valence-electron chi connectivity index (χ1n) is 9.96. The number of nitrogens with zero attached hydrogens (tertiary/aromatic N) is 2. The third-order valence-electron chi connectivity index (χ3n) is 7.04. The van der Waals surface area contributed by atoms with Crippen LogP contribution in [-0.2, 0) is 19.9 Å². The fourth-order valence-corrected chi connectivity index (χ4v) is 6.19. The number of rotatable bonds is 1.